The third kappa shape index (κ3) is 3.89. The van der Waals surface area contributed by atoms with Gasteiger partial charge in [0.15, 0.2) is 5.43 Å². The largest absolute Gasteiger partial charge is 0.493 e. The summed E-state index contributed by atoms with van der Waals surface area (Å²) < 4.78 is 8.97. The number of halogens is 1. The summed E-state index contributed by atoms with van der Waals surface area (Å²) in [4.78, 5) is 19.7. The number of aliphatic hydroxyl groups excluding tert-OH is 1. The van der Waals surface area contributed by atoms with Gasteiger partial charge in [0.1, 0.15) is 5.75 Å². The molecule has 0 radical (unpaired) electrons. The van der Waals surface area contributed by atoms with E-state index in [1.54, 1.807) is 24.2 Å². The maximum absolute atomic E-state index is 13.5. The van der Waals surface area contributed by atoms with E-state index in [-0.39, 0.29) is 12.0 Å². The van der Waals surface area contributed by atoms with Crippen LogP contribution < -0.4 is 10.2 Å². The average Bonchev–Trinajstić information content (AvgIpc) is 2.77. The molecule has 0 unspecified atom stereocenters. The molecule has 1 aliphatic heterocycles. The molecule has 0 spiro atoms. The second-order valence-corrected chi connectivity index (χ2v) is 9.35. The highest BCUT2D eigenvalue weighted by atomic mass is 79.9. The van der Waals surface area contributed by atoms with Crippen molar-refractivity contribution in [1.82, 2.24) is 9.55 Å². The number of pyridine rings is 2. The van der Waals surface area contributed by atoms with E-state index in [1.807, 2.05) is 36.5 Å². The van der Waals surface area contributed by atoms with Crippen molar-refractivity contribution < 1.29 is 9.84 Å². The molecular weight excluding hydrogens is 476 g/mol. The molecule has 0 atom stereocenters. The van der Waals surface area contributed by atoms with Gasteiger partial charge in [-0.2, -0.15) is 0 Å². The maximum atomic E-state index is 13.5. The topological polar surface area (TPSA) is 64.4 Å². The Morgan fingerprint density at radius 2 is 2.06 bits per heavy atom. The van der Waals surface area contributed by atoms with Crippen LogP contribution in [0.25, 0.3) is 16.6 Å². The molecule has 0 aliphatic carbocycles. The van der Waals surface area contributed by atoms with Gasteiger partial charge in [-0.3, -0.25) is 9.78 Å². The predicted octanol–water partition coefficient (Wildman–Crippen LogP) is 4.96. The first-order chi connectivity index (χ1) is 15.1. The van der Waals surface area contributed by atoms with Crippen molar-refractivity contribution in [2.75, 3.05) is 13.2 Å². The molecule has 156 valence electrons. The highest BCUT2D eigenvalue weighted by molar-refractivity contribution is 9.10. The molecule has 7 heteroatoms. The predicted molar refractivity (Wildman–Crippen MR) is 126 cm³/mol. The van der Waals surface area contributed by atoms with Gasteiger partial charge in [-0.25, -0.2) is 0 Å². The Balaban J connectivity index is 1.73. The van der Waals surface area contributed by atoms with E-state index < -0.39 is 0 Å². The van der Waals surface area contributed by atoms with Crippen molar-refractivity contribution in [2.45, 2.75) is 22.6 Å². The van der Waals surface area contributed by atoms with Crippen LogP contribution in [0.4, 0.5) is 0 Å². The second kappa shape index (κ2) is 8.49. The van der Waals surface area contributed by atoms with Crippen LogP contribution in [-0.2, 0) is 6.42 Å². The standard InChI is InChI=1S/C24H19BrN2O3S/c25-17-4-5-20-21(10-17)31-22-12-18(30-8-2-7-28)11-19-23(22)27(20)14-16(24(19)29)9-15-3-1-6-26-13-15/h1,3-6,10-14,28H,2,7-9H2. The lowest BCUT2D eigenvalue weighted by Gasteiger charge is -2.24. The molecule has 3 heterocycles. The first-order valence-electron chi connectivity index (χ1n) is 9.96. The summed E-state index contributed by atoms with van der Waals surface area (Å²) in [5.74, 6) is 0.643. The highest BCUT2D eigenvalue weighted by Crippen LogP contribution is 2.44. The summed E-state index contributed by atoms with van der Waals surface area (Å²) in [5, 5.41) is 9.71. The van der Waals surface area contributed by atoms with E-state index >= 15 is 0 Å². The molecule has 2 aromatic heterocycles. The first kappa shape index (κ1) is 20.3. The molecule has 31 heavy (non-hydrogen) atoms. The first-order valence-corrected chi connectivity index (χ1v) is 11.6. The molecule has 0 saturated heterocycles. The van der Waals surface area contributed by atoms with E-state index in [4.69, 9.17) is 9.84 Å². The number of hydrogen-bond donors (Lipinski definition) is 1. The molecule has 4 aromatic rings. The summed E-state index contributed by atoms with van der Waals surface area (Å²) in [6.45, 7) is 0.469. The van der Waals surface area contributed by atoms with Crippen LogP contribution in [0.3, 0.4) is 0 Å². The zero-order chi connectivity index (χ0) is 21.4. The highest BCUT2D eigenvalue weighted by Gasteiger charge is 2.23. The number of rotatable bonds is 6. The van der Waals surface area contributed by atoms with Crippen LogP contribution in [0, 0.1) is 0 Å². The minimum Gasteiger partial charge on any atom is -0.493 e. The van der Waals surface area contributed by atoms with Gasteiger partial charge in [-0.05, 0) is 42.0 Å². The number of nitrogens with zero attached hydrogens (tertiary/aromatic N) is 2. The molecule has 1 N–H and O–H groups in total. The normalized spacial score (nSPS) is 12.1. The summed E-state index contributed by atoms with van der Waals surface area (Å²) in [5.41, 5.74) is 3.65. The fourth-order valence-electron chi connectivity index (χ4n) is 3.80. The van der Waals surface area contributed by atoms with Crippen LogP contribution >= 0.6 is 27.7 Å². The quantitative estimate of drug-likeness (QED) is 0.337. The van der Waals surface area contributed by atoms with Gasteiger partial charge < -0.3 is 14.4 Å². The van der Waals surface area contributed by atoms with Crippen molar-refractivity contribution in [3.8, 4) is 11.4 Å². The van der Waals surface area contributed by atoms with Crippen LogP contribution in [-0.4, -0.2) is 27.9 Å². The van der Waals surface area contributed by atoms with Gasteiger partial charge in [0.2, 0.25) is 0 Å². The maximum Gasteiger partial charge on any atom is 0.193 e. The van der Waals surface area contributed by atoms with Crippen LogP contribution in [0.1, 0.15) is 17.5 Å². The molecule has 0 bridgehead atoms. The number of ether oxygens (including phenoxy) is 1. The van der Waals surface area contributed by atoms with Crippen molar-refractivity contribution in [2.24, 2.45) is 0 Å². The minimum absolute atomic E-state index is 0.00474. The number of aliphatic hydroxyl groups is 1. The zero-order valence-electron chi connectivity index (χ0n) is 16.5. The fraction of sp³-hybridized carbons (Fsp3) is 0.167. The Bertz CT molecular complexity index is 1340. The smallest absolute Gasteiger partial charge is 0.193 e. The second-order valence-electron chi connectivity index (χ2n) is 7.35. The minimum atomic E-state index is 0.00474. The molecule has 2 aromatic carbocycles. The third-order valence-electron chi connectivity index (χ3n) is 5.20. The van der Waals surface area contributed by atoms with Gasteiger partial charge in [-0.15, -0.1) is 0 Å². The van der Waals surface area contributed by atoms with Gasteiger partial charge in [0, 0.05) is 57.9 Å². The number of hydrogen-bond acceptors (Lipinski definition) is 5. The van der Waals surface area contributed by atoms with Gasteiger partial charge >= 0.3 is 0 Å². The van der Waals surface area contributed by atoms with E-state index in [1.165, 1.54) is 0 Å². The number of benzene rings is 2. The SMILES string of the molecule is O=c1c(Cc2cccnc2)cn2c3c(cc(OCCCO)cc13)Sc1cc(Br)ccc1-2. The number of fused-ring (bicyclic) bond motifs is 2. The molecule has 0 fully saturated rings. The van der Waals surface area contributed by atoms with Crippen molar-refractivity contribution in [1.29, 1.82) is 0 Å². The Hall–Kier alpha value is -2.61. The molecule has 1 aliphatic rings. The van der Waals surface area contributed by atoms with Crippen LogP contribution in [0.5, 0.6) is 5.75 Å². The van der Waals surface area contributed by atoms with E-state index in [9.17, 15) is 4.79 Å². The monoisotopic (exact) mass is 494 g/mol. The molecule has 0 amide bonds. The van der Waals surface area contributed by atoms with E-state index in [0.29, 0.717) is 36.1 Å². The Morgan fingerprint density at radius 3 is 2.87 bits per heavy atom. The lowest BCUT2D eigenvalue weighted by Crippen LogP contribution is -2.17. The van der Waals surface area contributed by atoms with E-state index in [2.05, 4.69) is 37.6 Å². The summed E-state index contributed by atoms with van der Waals surface area (Å²) >= 11 is 5.20. The van der Waals surface area contributed by atoms with E-state index in [0.717, 1.165) is 31.0 Å². The summed E-state index contributed by atoms with van der Waals surface area (Å²) in [6, 6.07) is 13.8. The third-order valence-corrected chi connectivity index (χ3v) is 6.77. The van der Waals surface area contributed by atoms with Crippen molar-refractivity contribution in [3.05, 3.63) is 86.9 Å². The molecule has 5 rings (SSSR count). The van der Waals surface area contributed by atoms with Gasteiger partial charge in [0.05, 0.1) is 23.2 Å². The Labute approximate surface area is 191 Å². The lowest BCUT2D eigenvalue weighted by molar-refractivity contribution is 0.233. The number of aromatic nitrogens is 2. The molecular formula is C24H19BrN2O3S. The van der Waals surface area contributed by atoms with Crippen molar-refractivity contribution >= 4 is 38.6 Å². The van der Waals surface area contributed by atoms with Crippen molar-refractivity contribution in [3.63, 3.8) is 0 Å². The van der Waals surface area contributed by atoms with Gasteiger partial charge in [-0.1, -0.05) is 33.8 Å². The van der Waals surface area contributed by atoms with Gasteiger partial charge in [0.25, 0.3) is 0 Å². The molecule has 0 saturated carbocycles. The summed E-state index contributed by atoms with van der Waals surface area (Å²) in [6.07, 6.45) is 6.53. The average molecular weight is 495 g/mol. The lowest BCUT2D eigenvalue weighted by atomic mass is 10.0. The fourth-order valence-corrected chi connectivity index (χ4v) is 5.48. The van der Waals surface area contributed by atoms with Crippen LogP contribution in [0.2, 0.25) is 0 Å². The van der Waals surface area contributed by atoms with Crippen LogP contribution in [0.15, 0.2) is 80.1 Å². The zero-order valence-corrected chi connectivity index (χ0v) is 18.9. The Kier molecular flexibility index (Phi) is 5.56. The molecule has 5 nitrogen and oxygen atoms in total. The summed E-state index contributed by atoms with van der Waals surface area (Å²) in [7, 11) is 0. The Morgan fingerprint density at radius 1 is 1.16 bits per heavy atom.